The lowest BCUT2D eigenvalue weighted by atomic mass is 9.82. The van der Waals surface area contributed by atoms with Gasteiger partial charge in [0, 0.05) is 0 Å². The average Bonchev–Trinajstić information content (AvgIpc) is 2.37. The topological polar surface area (TPSA) is 71.2 Å². The summed E-state index contributed by atoms with van der Waals surface area (Å²) in [4.78, 5) is 4.15. The van der Waals surface area contributed by atoms with Crippen molar-refractivity contribution in [2.75, 3.05) is 17.7 Å². The number of hydrogen-bond donors (Lipinski definition) is 3. The summed E-state index contributed by atoms with van der Waals surface area (Å²) in [7, 11) is 0. The van der Waals surface area contributed by atoms with Gasteiger partial charge in [0.15, 0.2) is 0 Å². The van der Waals surface area contributed by atoms with Crippen molar-refractivity contribution < 1.29 is 5.11 Å². The van der Waals surface area contributed by atoms with Crippen LogP contribution in [-0.2, 0) is 0 Å². The number of hydrogen-bond acceptors (Lipinski definition) is 4. The fourth-order valence-electron chi connectivity index (χ4n) is 2.37. The van der Waals surface area contributed by atoms with Gasteiger partial charge in [-0.2, -0.15) is 0 Å². The Balaban J connectivity index is 2.24. The van der Waals surface area contributed by atoms with Crippen molar-refractivity contribution in [3.8, 4) is 0 Å². The predicted octanol–water partition coefficient (Wildman–Crippen LogP) is 3.08. The fraction of sp³-hybridized carbons (Fsp3) is 0.583. The van der Waals surface area contributed by atoms with E-state index in [0.29, 0.717) is 15.9 Å². The van der Waals surface area contributed by atoms with Gasteiger partial charge < -0.3 is 16.2 Å². The van der Waals surface area contributed by atoms with Crippen LogP contribution in [0.25, 0.3) is 0 Å². The summed E-state index contributed by atoms with van der Waals surface area (Å²) in [6.45, 7) is 0.0630. The van der Waals surface area contributed by atoms with E-state index in [9.17, 15) is 5.11 Å². The van der Waals surface area contributed by atoms with E-state index in [4.69, 9.17) is 28.9 Å². The van der Waals surface area contributed by atoms with Crippen LogP contribution in [-0.4, -0.2) is 22.2 Å². The first-order valence-electron chi connectivity index (χ1n) is 6.07. The molecule has 0 unspecified atom stereocenters. The molecule has 1 fully saturated rings. The first-order valence-corrected chi connectivity index (χ1v) is 6.82. The lowest BCUT2D eigenvalue weighted by Gasteiger charge is -2.37. The molecule has 0 radical (unpaired) electrons. The minimum absolute atomic E-state index is 0.0630. The maximum atomic E-state index is 9.63. The van der Waals surface area contributed by atoms with Crippen molar-refractivity contribution >= 4 is 34.8 Å². The Morgan fingerprint density at radius 2 is 1.94 bits per heavy atom. The smallest absolute Gasteiger partial charge is 0.147 e. The molecule has 6 heteroatoms. The first kappa shape index (κ1) is 13.7. The van der Waals surface area contributed by atoms with Crippen LogP contribution in [0.4, 0.5) is 11.6 Å². The second-order valence-corrected chi connectivity index (χ2v) is 5.62. The molecule has 0 bridgehead atoms. The van der Waals surface area contributed by atoms with Gasteiger partial charge in [-0.05, 0) is 18.9 Å². The van der Waals surface area contributed by atoms with Gasteiger partial charge in [0.25, 0.3) is 0 Å². The summed E-state index contributed by atoms with van der Waals surface area (Å²) in [6, 6.07) is 1.57. The van der Waals surface area contributed by atoms with Crippen LogP contribution in [0, 0.1) is 0 Å². The van der Waals surface area contributed by atoms with Gasteiger partial charge in [0.05, 0.1) is 22.2 Å². The zero-order valence-corrected chi connectivity index (χ0v) is 11.6. The first-order chi connectivity index (χ1) is 8.56. The molecule has 0 aromatic carbocycles. The largest absolute Gasteiger partial charge is 0.394 e. The number of nitrogens with one attached hydrogen (secondary N) is 1. The van der Waals surface area contributed by atoms with E-state index in [1.54, 1.807) is 6.07 Å². The Kier molecular flexibility index (Phi) is 4.20. The van der Waals surface area contributed by atoms with Crippen LogP contribution >= 0.6 is 23.2 Å². The van der Waals surface area contributed by atoms with E-state index < -0.39 is 0 Å². The highest BCUT2D eigenvalue weighted by atomic mass is 35.5. The molecule has 0 saturated heterocycles. The number of nitrogens with two attached hydrogens (primary N) is 1. The lowest BCUT2D eigenvalue weighted by molar-refractivity contribution is 0.172. The van der Waals surface area contributed by atoms with Crippen molar-refractivity contribution in [3.05, 3.63) is 16.1 Å². The van der Waals surface area contributed by atoms with Crippen LogP contribution < -0.4 is 11.1 Å². The second kappa shape index (κ2) is 5.51. The molecule has 1 aromatic heterocycles. The van der Waals surface area contributed by atoms with Crippen molar-refractivity contribution in [1.82, 2.24) is 4.98 Å². The van der Waals surface area contributed by atoms with Gasteiger partial charge in [-0.1, -0.05) is 42.5 Å². The molecule has 2 rings (SSSR count). The molecule has 1 heterocycles. The number of nitrogens with zero attached hydrogens (tertiary/aromatic N) is 1. The molecule has 1 aliphatic carbocycles. The number of nitrogen functional groups attached to an aromatic ring is 1. The Morgan fingerprint density at radius 1 is 1.28 bits per heavy atom. The molecule has 0 spiro atoms. The highest BCUT2D eigenvalue weighted by Crippen LogP contribution is 2.34. The molecule has 4 N–H and O–H groups in total. The van der Waals surface area contributed by atoms with Gasteiger partial charge in [0.1, 0.15) is 11.6 Å². The molecule has 1 saturated carbocycles. The van der Waals surface area contributed by atoms with Crippen LogP contribution in [0.15, 0.2) is 6.07 Å². The number of halogens is 2. The Hall–Kier alpha value is -0.710. The molecule has 100 valence electrons. The van der Waals surface area contributed by atoms with E-state index in [1.807, 2.05) is 0 Å². The van der Waals surface area contributed by atoms with E-state index in [2.05, 4.69) is 10.3 Å². The highest BCUT2D eigenvalue weighted by molar-refractivity contribution is 6.37. The maximum absolute atomic E-state index is 9.63. The molecule has 0 aliphatic heterocycles. The predicted molar refractivity (Wildman–Crippen MR) is 75.2 cm³/mol. The molecule has 1 aliphatic rings. The molecule has 4 nitrogen and oxygen atoms in total. The summed E-state index contributed by atoms with van der Waals surface area (Å²) in [6.07, 6.45) is 5.20. The standard InChI is InChI=1S/C12H17Cl2N3O/c13-8-6-9(14)11(16-10(8)15)17-12(7-18)4-2-1-3-5-12/h6,18H,1-5,7H2,(H3,15,16,17). The number of aliphatic hydroxyl groups excluding tert-OH is 1. The zero-order chi connectivity index (χ0) is 13.2. The number of anilines is 2. The Morgan fingerprint density at radius 3 is 2.56 bits per heavy atom. The summed E-state index contributed by atoms with van der Waals surface area (Å²) < 4.78 is 0. The summed E-state index contributed by atoms with van der Waals surface area (Å²) in [5, 5.41) is 13.6. The zero-order valence-electron chi connectivity index (χ0n) is 10.0. The number of rotatable bonds is 3. The molecule has 0 amide bonds. The van der Waals surface area contributed by atoms with Crippen LogP contribution in [0.5, 0.6) is 0 Å². The van der Waals surface area contributed by atoms with E-state index in [1.165, 1.54) is 6.42 Å². The van der Waals surface area contributed by atoms with Crippen molar-refractivity contribution in [2.24, 2.45) is 0 Å². The van der Waals surface area contributed by atoms with Crippen molar-refractivity contribution in [1.29, 1.82) is 0 Å². The molecular formula is C12H17Cl2N3O. The summed E-state index contributed by atoms with van der Waals surface area (Å²) in [5.74, 6) is 0.738. The van der Waals surface area contributed by atoms with Crippen LogP contribution in [0.2, 0.25) is 10.0 Å². The van der Waals surface area contributed by atoms with Gasteiger partial charge in [-0.15, -0.1) is 0 Å². The normalized spacial score (nSPS) is 18.6. The van der Waals surface area contributed by atoms with Crippen LogP contribution in [0.1, 0.15) is 32.1 Å². The highest BCUT2D eigenvalue weighted by Gasteiger charge is 2.32. The Labute approximate surface area is 116 Å². The SMILES string of the molecule is Nc1nc(NC2(CO)CCCCC2)c(Cl)cc1Cl. The third-order valence-corrected chi connectivity index (χ3v) is 4.04. The third kappa shape index (κ3) is 2.82. The molecule has 1 aromatic rings. The summed E-state index contributed by atoms with van der Waals surface area (Å²) in [5.41, 5.74) is 5.34. The van der Waals surface area contributed by atoms with Crippen molar-refractivity contribution in [2.45, 2.75) is 37.6 Å². The van der Waals surface area contributed by atoms with Gasteiger partial charge in [-0.25, -0.2) is 4.98 Å². The van der Waals surface area contributed by atoms with Gasteiger partial charge >= 0.3 is 0 Å². The van der Waals surface area contributed by atoms with Crippen molar-refractivity contribution in [3.63, 3.8) is 0 Å². The second-order valence-electron chi connectivity index (χ2n) is 4.81. The van der Waals surface area contributed by atoms with Crippen LogP contribution in [0.3, 0.4) is 0 Å². The maximum Gasteiger partial charge on any atom is 0.147 e. The summed E-state index contributed by atoms with van der Waals surface area (Å²) >= 11 is 11.9. The fourth-order valence-corrected chi connectivity index (χ4v) is 2.78. The number of aliphatic hydroxyl groups is 1. The monoisotopic (exact) mass is 289 g/mol. The van der Waals surface area contributed by atoms with Gasteiger partial charge in [-0.3, -0.25) is 0 Å². The van der Waals surface area contributed by atoms with Gasteiger partial charge in [0.2, 0.25) is 0 Å². The lowest BCUT2D eigenvalue weighted by Crippen LogP contribution is -2.44. The van der Waals surface area contributed by atoms with E-state index >= 15 is 0 Å². The number of pyridine rings is 1. The van der Waals surface area contributed by atoms with E-state index in [0.717, 1.165) is 25.7 Å². The number of aromatic nitrogens is 1. The van der Waals surface area contributed by atoms with E-state index in [-0.39, 0.29) is 18.0 Å². The third-order valence-electron chi connectivity index (χ3n) is 3.45. The molecule has 0 atom stereocenters. The average molecular weight is 290 g/mol. The quantitative estimate of drug-likeness (QED) is 0.800. The minimum atomic E-state index is -0.338. The molecule has 18 heavy (non-hydrogen) atoms. The Bertz CT molecular complexity index is 434. The minimum Gasteiger partial charge on any atom is -0.394 e. The molecular weight excluding hydrogens is 273 g/mol.